The second kappa shape index (κ2) is 6.24. The van der Waals surface area contributed by atoms with Gasteiger partial charge in [0, 0.05) is 23.5 Å². The van der Waals surface area contributed by atoms with Crippen LogP contribution in [-0.4, -0.2) is 35.7 Å². The maximum absolute atomic E-state index is 12.1. The second-order valence-corrected chi connectivity index (χ2v) is 5.65. The first-order valence-electron chi connectivity index (χ1n) is 6.36. The van der Waals surface area contributed by atoms with Crippen LogP contribution in [0.15, 0.2) is 40.9 Å². The minimum absolute atomic E-state index is 0.238. The third-order valence-corrected chi connectivity index (χ3v) is 3.69. The van der Waals surface area contributed by atoms with E-state index >= 15 is 0 Å². The number of urea groups is 1. The Bertz CT molecular complexity index is 628. The lowest BCUT2D eigenvalue weighted by molar-refractivity contribution is 0.149. The zero-order valence-corrected chi connectivity index (χ0v) is 13.0. The van der Waals surface area contributed by atoms with Crippen LogP contribution < -0.4 is 5.32 Å². The predicted octanol–water partition coefficient (Wildman–Crippen LogP) is 3.45. The standard InChI is InChI=1S/C15H17BrN2O2/c1-10(19)9-18(2)15(20)17-14-8-7-13(16)11-5-3-4-6-12(11)14/h3-8,10,19H,9H2,1-2H3,(H,17,20). The molecule has 0 bridgehead atoms. The van der Waals surface area contributed by atoms with Crippen molar-refractivity contribution in [3.63, 3.8) is 0 Å². The average Bonchev–Trinajstić information content (AvgIpc) is 2.41. The fourth-order valence-electron chi connectivity index (χ4n) is 2.06. The Morgan fingerprint density at radius 1 is 1.30 bits per heavy atom. The van der Waals surface area contributed by atoms with E-state index in [2.05, 4.69) is 21.2 Å². The number of carbonyl (C=O) groups is 1. The van der Waals surface area contributed by atoms with Gasteiger partial charge in [-0.05, 0) is 24.4 Å². The molecule has 0 aliphatic heterocycles. The number of aliphatic hydroxyl groups excluding tert-OH is 1. The smallest absolute Gasteiger partial charge is 0.321 e. The Kier molecular flexibility index (Phi) is 4.62. The summed E-state index contributed by atoms with van der Waals surface area (Å²) in [6.07, 6.45) is -0.549. The molecule has 0 aromatic heterocycles. The number of benzene rings is 2. The number of hydrogen-bond donors (Lipinski definition) is 2. The summed E-state index contributed by atoms with van der Waals surface area (Å²) < 4.78 is 0.989. The first kappa shape index (κ1) is 14.8. The van der Waals surface area contributed by atoms with Gasteiger partial charge < -0.3 is 15.3 Å². The fraction of sp³-hybridized carbons (Fsp3) is 0.267. The van der Waals surface area contributed by atoms with Crippen molar-refractivity contribution in [3.8, 4) is 0 Å². The molecule has 0 aliphatic rings. The van der Waals surface area contributed by atoms with Crippen molar-refractivity contribution >= 4 is 38.4 Å². The molecule has 20 heavy (non-hydrogen) atoms. The topological polar surface area (TPSA) is 52.6 Å². The Balaban J connectivity index is 2.26. The van der Waals surface area contributed by atoms with Gasteiger partial charge in [-0.15, -0.1) is 0 Å². The van der Waals surface area contributed by atoms with Crippen molar-refractivity contribution in [2.45, 2.75) is 13.0 Å². The van der Waals surface area contributed by atoms with Gasteiger partial charge in [0.15, 0.2) is 0 Å². The molecule has 2 aromatic carbocycles. The molecular weight excluding hydrogens is 320 g/mol. The largest absolute Gasteiger partial charge is 0.392 e. The SMILES string of the molecule is CC(O)CN(C)C(=O)Nc1ccc(Br)c2ccccc12. The maximum atomic E-state index is 12.1. The van der Waals surface area contributed by atoms with Gasteiger partial charge in [-0.1, -0.05) is 40.2 Å². The van der Waals surface area contributed by atoms with E-state index in [0.29, 0.717) is 6.54 Å². The molecule has 1 atom stereocenters. The minimum atomic E-state index is -0.549. The molecule has 0 saturated carbocycles. The average molecular weight is 337 g/mol. The van der Waals surface area contributed by atoms with Crippen LogP contribution in [0, 0.1) is 0 Å². The third kappa shape index (κ3) is 3.29. The molecule has 0 saturated heterocycles. The van der Waals surface area contributed by atoms with Crippen LogP contribution in [0.1, 0.15) is 6.92 Å². The molecule has 0 aliphatic carbocycles. The van der Waals surface area contributed by atoms with Crippen molar-refractivity contribution in [2.24, 2.45) is 0 Å². The van der Waals surface area contributed by atoms with Gasteiger partial charge in [-0.25, -0.2) is 4.79 Å². The highest BCUT2D eigenvalue weighted by molar-refractivity contribution is 9.10. The molecule has 4 nitrogen and oxygen atoms in total. The van der Waals surface area contributed by atoms with Crippen molar-refractivity contribution in [1.29, 1.82) is 0 Å². The van der Waals surface area contributed by atoms with Gasteiger partial charge in [-0.3, -0.25) is 0 Å². The number of rotatable bonds is 3. The highest BCUT2D eigenvalue weighted by Crippen LogP contribution is 2.30. The number of aliphatic hydroxyl groups is 1. The van der Waals surface area contributed by atoms with Crippen molar-refractivity contribution < 1.29 is 9.90 Å². The zero-order chi connectivity index (χ0) is 14.7. The number of amides is 2. The number of fused-ring (bicyclic) bond motifs is 1. The Morgan fingerprint density at radius 3 is 2.60 bits per heavy atom. The van der Waals surface area contributed by atoms with E-state index in [1.165, 1.54) is 4.90 Å². The lowest BCUT2D eigenvalue weighted by atomic mass is 10.1. The summed E-state index contributed by atoms with van der Waals surface area (Å²) in [6.45, 7) is 1.94. The van der Waals surface area contributed by atoms with E-state index in [-0.39, 0.29) is 6.03 Å². The highest BCUT2D eigenvalue weighted by Gasteiger charge is 2.12. The lowest BCUT2D eigenvalue weighted by Crippen LogP contribution is -2.36. The number of nitrogens with one attached hydrogen (secondary N) is 1. The molecule has 1 unspecified atom stereocenters. The summed E-state index contributed by atoms with van der Waals surface area (Å²) >= 11 is 3.50. The molecule has 2 aromatic rings. The van der Waals surface area contributed by atoms with Crippen LogP contribution in [0.4, 0.5) is 10.5 Å². The van der Waals surface area contributed by atoms with Crippen LogP contribution in [-0.2, 0) is 0 Å². The molecule has 106 valence electrons. The summed E-state index contributed by atoms with van der Waals surface area (Å²) in [4.78, 5) is 13.5. The molecule has 2 N–H and O–H groups in total. The normalized spacial score (nSPS) is 12.2. The van der Waals surface area contributed by atoms with Gasteiger partial charge in [0.2, 0.25) is 0 Å². The van der Waals surface area contributed by atoms with Crippen molar-refractivity contribution in [3.05, 3.63) is 40.9 Å². The maximum Gasteiger partial charge on any atom is 0.321 e. The molecular formula is C15H17BrN2O2. The van der Waals surface area contributed by atoms with Gasteiger partial charge in [0.05, 0.1) is 11.8 Å². The van der Waals surface area contributed by atoms with Crippen LogP contribution in [0.25, 0.3) is 10.8 Å². The van der Waals surface area contributed by atoms with Crippen molar-refractivity contribution in [1.82, 2.24) is 4.90 Å². The van der Waals surface area contributed by atoms with E-state index in [4.69, 9.17) is 0 Å². The summed E-state index contributed by atoms with van der Waals surface area (Å²) in [6, 6.07) is 11.4. The second-order valence-electron chi connectivity index (χ2n) is 4.80. The minimum Gasteiger partial charge on any atom is -0.392 e. The summed E-state index contributed by atoms with van der Waals surface area (Å²) in [5.74, 6) is 0. The third-order valence-electron chi connectivity index (χ3n) is 3.00. The van der Waals surface area contributed by atoms with Gasteiger partial charge in [0.25, 0.3) is 0 Å². The molecule has 5 heteroatoms. The van der Waals surface area contributed by atoms with Gasteiger partial charge >= 0.3 is 6.03 Å². The number of anilines is 1. The Morgan fingerprint density at radius 2 is 1.95 bits per heavy atom. The number of carbonyl (C=O) groups excluding carboxylic acids is 1. The first-order chi connectivity index (χ1) is 9.49. The summed E-state index contributed by atoms with van der Waals surface area (Å²) in [5, 5.41) is 14.2. The molecule has 0 spiro atoms. The molecule has 2 rings (SSSR count). The van der Waals surface area contributed by atoms with E-state index in [9.17, 15) is 9.90 Å². The number of likely N-dealkylation sites (N-methyl/N-ethyl adjacent to an activating group) is 1. The van der Waals surface area contributed by atoms with E-state index in [0.717, 1.165) is 20.9 Å². The van der Waals surface area contributed by atoms with Crippen molar-refractivity contribution in [2.75, 3.05) is 18.9 Å². The number of nitrogens with zero attached hydrogens (tertiary/aromatic N) is 1. The van der Waals surface area contributed by atoms with E-state index < -0.39 is 6.10 Å². The predicted molar refractivity (Wildman–Crippen MR) is 85.0 cm³/mol. The van der Waals surface area contributed by atoms with Crippen LogP contribution >= 0.6 is 15.9 Å². The monoisotopic (exact) mass is 336 g/mol. The fourth-order valence-corrected chi connectivity index (χ4v) is 2.54. The van der Waals surface area contributed by atoms with Gasteiger partial charge in [-0.2, -0.15) is 0 Å². The zero-order valence-electron chi connectivity index (χ0n) is 11.4. The molecule has 2 amide bonds. The van der Waals surface area contributed by atoms with Gasteiger partial charge in [0.1, 0.15) is 0 Å². The molecule has 0 radical (unpaired) electrons. The number of hydrogen-bond acceptors (Lipinski definition) is 2. The summed E-state index contributed by atoms with van der Waals surface area (Å²) in [7, 11) is 1.66. The number of halogens is 1. The highest BCUT2D eigenvalue weighted by atomic mass is 79.9. The molecule has 0 fully saturated rings. The summed E-state index contributed by atoms with van der Waals surface area (Å²) in [5.41, 5.74) is 0.756. The van der Waals surface area contributed by atoms with Crippen LogP contribution in [0.2, 0.25) is 0 Å². The Hall–Kier alpha value is -1.59. The Labute approximate surface area is 126 Å². The first-order valence-corrected chi connectivity index (χ1v) is 7.15. The van der Waals surface area contributed by atoms with E-state index in [1.54, 1.807) is 14.0 Å². The van der Waals surface area contributed by atoms with Crippen LogP contribution in [0.3, 0.4) is 0 Å². The lowest BCUT2D eigenvalue weighted by Gasteiger charge is -2.20. The quantitative estimate of drug-likeness (QED) is 0.901. The van der Waals surface area contributed by atoms with Crippen LogP contribution in [0.5, 0.6) is 0 Å². The molecule has 0 heterocycles. The van der Waals surface area contributed by atoms with E-state index in [1.807, 2.05) is 36.4 Å².